The largest absolute Gasteiger partial charge is 0.475 e. The SMILES string of the molecule is O=C(O)c1nc2c(c(=O)[nH]1)C1CCCN1C(=O)N2c1ccccc1. The number of amides is 2. The molecule has 1 unspecified atom stereocenters. The average Bonchev–Trinajstić information content (AvgIpc) is 3.05. The molecule has 1 saturated heterocycles. The van der Waals surface area contributed by atoms with Gasteiger partial charge in [0.1, 0.15) is 0 Å². The molecule has 4 rings (SSSR count). The highest BCUT2D eigenvalue weighted by Crippen LogP contribution is 2.42. The Morgan fingerprint density at radius 1 is 1.25 bits per heavy atom. The summed E-state index contributed by atoms with van der Waals surface area (Å²) in [6.07, 6.45) is 1.46. The van der Waals surface area contributed by atoms with Gasteiger partial charge in [-0.2, -0.15) is 0 Å². The zero-order valence-corrected chi connectivity index (χ0v) is 12.6. The summed E-state index contributed by atoms with van der Waals surface area (Å²) in [5, 5.41) is 9.17. The van der Waals surface area contributed by atoms with Gasteiger partial charge in [0.05, 0.1) is 17.3 Å². The van der Waals surface area contributed by atoms with E-state index in [0.29, 0.717) is 24.2 Å². The number of carboxylic acids is 1. The molecule has 24 heavy (non-hydrogen) atoms. The van der Waals surface area contributed by atoms with Crippen LogP contribution in [0.1, 0.15) is 35.1 Å². The molecule has 2 N–H and O–H groups in total. The zero-order valence-electron chi connectivity index (χ0n) is 12.6. The smallest absolute Gasteiger partial charge is 0.372 e. The fraction of sp³-hybridized carbons (Fsp3) is 0.250. The molecular formula is C16H14N4O4. The molecular weight excluding hydrogens is 312 g/mol. The number of benzene rings is 1. The van der Waals surface area contributed by atoms with Gasteiger partial charge in [0.2, 0.25) is 5.82 Å². The number of rotatable bonds is 2. The van der Waals surface area contributed by atoms with E-state index in [2.05, 4.69) is 9.97 Å². The molecule has 0 saturated carbocycles. The molecule has 1 aromatic heterocycles. The molecule has 0 spiro atoms. The number of hydrogen-bond donors (Lipinski definition) is 2. The molecule has 2 aliphatic rings. The third kappa shape index (κ3) is 1.99. The van der Waals surface area contributed by atoms with Crippen molar-refractivity contribution in [1.29, 1.82) is 0 Å². The van der Waals surface area contributed by atoms with Crippen molar-refractivity contribution in [1.82, 2.24) is 14.9 Å². The summed E-state index contributed by atoms with van der Waals surface area (Å²) in [5.41, 5.74) is 0.382. The fourth-order valence-corrected chi connectivity index (χ4v) is 3.37. The number of H-pyrrole nitrogens is 1. The molecule has 122 valence electrons. The number of para-hydroxylation sites is 1. The van der Waals surface area contributed by atoms with Crippen LogP contribution >= 0.6 is 0 Å². The number of carbonyl (C=O) groups excluding carboxylic acids is 1. The second-order valence-corrected chi connectivity index (χ2v) is 5.76. The van der Waals surface area contributed by atoms with E-state index in [1.54, 1.807) is 29.2 Å². The van der Waals surface area contributed by atoms with E-state index >= 15 is 0 Å². The predicted molar refractivity (Wildman–Crippen MR) is 84.5 cm³/mol. The third-order valence-electron chi connectivity index (χ3n) is 4.39. The van der Waals surface area contributed by atoms with Crippen molar-refractivity contribution >= 4 is 23.5 Å². The van der Waals surface area contributed by atoms with Crippen LogP contribution < -0.4 is 10.5 Å². The molecule has 2 aromatic rings. The lowest BCUT2D eigenvalue weighted by molar-refractivity contribution is 0.0682. The number of fused-ring (bicyclic) bond motifs is 3. The summed E-state index contributed by atoms with van der Waals surface area (Å²) in [6, 6.07) is 8.15. The first-order chi connectivity index (χ1) is 11.6. The van der Waals surface area contributed by atoms with Crippen LogP contribution in [-0.2, 0) is 0 Å². The molecule has 1 atom stereocenters. The van der Waals surface area contributed by atoms with Crippen molar-refractivity contribution in [3.63, 3.8) is 0 Å². The van der Waals surface area contributed by atoms with Gasteiger partial charge in [-0.1, -0.05) is 18.2 Å². The summed E-state index contributed by atoms with van der Waals surface area (Å²) in [7, 11) is 0. The van der Waals surface area contributed by atoms with Crippen LogP contribution in [0.15, 0.2) is 35.1 Å². The van der Waals surface area contributed by atoms with Gasteiger partial charge >= 0.3 is 12.0 Å². The molecule has 0 aliphatic carbocycles. The third-order valence-corrected chi connectivity index (χ3v) is 4.39. The van der Waals surface area contributed by atoms with Crippen LogP contribution in [0.25, 0.3) is 0 Å². The minimum Gasteiger partial charge on any atom is -0.475 e. The maximum atomic E-state index is 12.9. The van der Waals surface area contributed by atoms with Crippen molar-refractivity contribution in [3.8, 4) is 0 Å². The topological polar surface area (TPSA) is 107 Å². The van der Waals surface area contributed by atoms with Crippen LogP contribution in [0.5, 0.6) is 0 Å². The van der Waals surface area contributed by atoms with E-state index in [0.717, 1.165) is 6.42 Å². The van der Waals surface area contributed by atoms with Crippen molar-refractivity contribution in [2.24, 2.45) is 0 Å². The number of urea groups is 1. The monoisotopic (exact) mass is 326 g/mol. The molecule has 0 radical (unpaired) electrons. The van der Waals surface area contributed by atoms with Crippen LogP contribution in [0.3, 0.4) is 0 Å². The summed E-state index contributed by atoms with van der Waals surface area (Å²) >= 11 is 0. The maximum absolute atomic E-state index is 12.9. The number of anilines is 2. The van der Waals surface area contributed by atoms with Crippen molar-refractivity contribution in [2.45, 2.75) is 18.9 Å². The minimum atomic E-state index is -1.34. The van der Waals surface area contributed by atoms with Crippen molar-refractivity contribution in [2.75, 3.05) is 11.4 Å². The van der Waals surface area contributed by atoms with Crippen LogP contribution in [0, 0.1) is 0 Å². The Balaban J connectivity index is 2.00. The standard InChI is InChI=1S/C16H14N4O4/c21-14-11-10-7-4-8-19(10)16(24)20(9-5-2-1-3-6-9)13(11)17-12(18-14)15(22)23/h1-3,5-6,10H,4,7-8H2,(H,22,23)(H,17,18,21). The molecule has 3 heterocycles. The quantitative estimate of drug-likeness (QED) is 0.876. The van der Waals surface area contributed by atoms with Crippen molar-refractivity contribution in [3.05, 3.63) is 52.1 Å². The molecule has 2 aliphatic heterocycles. The molecule has 8 heteroatoms. The van der Waals surface area contributed by atoms with Gasteiger partial charge in [0, 0.05) is 6.54 Å². The molecule has 1 fully saturated rings. The Hall–Kier alpha value is -3.16. The Bertz CT molecular complexity index is 893. The normalized spacial score (nSPS) is 19.2. The van der Waals surface area contributed by atoms with E-state index < -0.39 is 17.4 Å². The number of aromatic amines is 1. The van der Waals surface area contributed by atoms with Crippen LogP contribution in [-0.4, -0.2) is 38.5 Å². The van der Waals surface area contributed by atoms with Crippen LogP contribution in [0.4, 0.5) is 16.3 Å². The maximum Gasteiger partial charge on any atom is 0.372 e. The van der Waals surface area contributed by atoms with Gasteiger partial charge in [-0.3, -0.25) is 4.79 Å². The first-order valence-electron chi connectivity index (χ1n) is 7.61. The van der Waals surface area contributed by atoms with E-state index in [9.17, 15) is 19.5 Å². The predicted octanol–water partition coefficient (Wildman–Crippen LogP) is 1.88. The Morgan fingerprint density at radius 3 is 2.71 bits per heavy atom. The van der Waals surface area contributed by atoms with Crippen LogP contribution in [0.2, 0.25) is 0 Å². The minimum absolute atomic E-state index is 0.107. The fourth-order valence-electron chi connectivity index (χ4n) is 3.37. The number of carboxylic acid groups (broad SMARTS) is 1. The first kappa shape index (κ1) is 14.4. The van der Waals surface area contributed by atoms with Gasteiger partial charge in [-0.25, -0.2) is 19.5 Å². The molecule has 2 amide bonds. The summed E-state index contributed by atoms with van der Waals surface area (Å²) in [4.78, 5) is 46.0. The second-order valence-electron chi connectivity index (χ2n) is 5.76. The zero-order chi connectivity index (χ0) is 16.8. The van der Waals surface area contributed by atoms with Gasteiger partial charge in [0.25, 0.3) is 5.56 Å². The Morgan fingerprint density at radius 2 is 2.00 bits per heavy atom. The number of aromatic carboxylic acids is 1. The Labute approximate surface area is 136 Å². The lowest BCUT2D eigenvalue weighted by Gasteiger charge is -2.37. The summed E-state index contributed by atoms with van der Waals surface area (Å²) in [6.45, 7) is 0.562. The lowest BCUT2D eigenvalue weighted by atomic mass is 10.0. The van der Waals surface area contributed by atoms with Gasteiger partial charge in [0.15, 0.2) is 5.82 Å². The lowest BCUT2D eigenvalue weighted by Crippen LogP contribution is -2.48. The summed E-state index contributed by atoms with van der Waals surface area (Å²) < 4.78 is 0. The first-order valence-corrected chi connectivity index (χ1v) is 7.61. The second kappa shape index (κ2) is 5.19. The van der Waals surface area contributed by atoms with E-state index in [1.807, 2.05) is 6.07 Å². The molecule has 1 aromatic carbocycles. The number of aromatic nitrogens is 2. The molecule has 8 nitrogen and oxygen atoms in total. The van der Waals surface area contributed by atoms with Crippen molar-refractivity contribution < 1.29 is 14.7 Å². The number of hydrogen-bond acceptors (Lipinski definition) is 4. The number of carbonyl (C=O) groups is 2. The number of nitrogens with one attached hydrogen (secondary N) is 1. The summed E-state index contributed by atoms with van der Waals surface area (Å²) in [5.74, 6) is -1.71. The Kier molecular flexibility index (Phi) is 3.12. The van der Waals surface area contributed by atoms with E-state index in [4.69, 9.17) is 0 Å². The number of nitrogens with zero attached hydrogens (tertiary/aromatic N) is 3. The van der Waals surface area contributed by atoms with E-state index in [1.165, 1.54) is 4.90 Å². The van der Waals surface area contributed by atoms with E-state index in [-0.39, 0.29) is 17.9 Å². The highest BCUT2D eigenvalue weighted by atomic mass is 16.4. The average molecular weight is 326 g/mol. The van der Waals surface area contributed by atoms with Gasteiger partial charge in [-0.05, 0) is 25.0 Å². The highest BCUT2D eigenvalue weighted by Gasteiger charge is 2.44. The molecule has 0 bridgehead atoms. The van der Waals surface area contributed by atoms with Gasteiger partial charge in [-0.15, -0.1) is 0 Å². The van der Waals surface area contributed by atoms with Gasteiger partial charge < -0.3 is 15.0 Å². The highest BCUT2D eigenvalue weighted by molar-refractivity contribution is 6.01.